The van der Waals surface area contributed by atoms with Crippen LogP contribution in [0.2, 0.25) is 5.02 Å². The molecule has 6 nitrogen and oxygen atoms in total. The highest BCUT2D eigenvalue weighted by Gasteiger charge is 2.27. The van der Waals surface area contributed by atoms with Gasteiger partial charge in [-0.3, -0.25) is 4.79 Å². The number of halogens is 4. The molecule has 0 saturated carbocycles. The van der Waals surface area contributed by atoms with E-state index in [1.54, 1.807) is 5.32 Å². The number of carbonyl (C=O) groups is 1. The third-order valence-corrected chi connectivity index (χ3v) is 3.22. The number of carbonyl (C=O) groups excluding carboxylic acids is 1. The number of primary sulfonamides is 1. The Morgan fingerprint density at radius 1 is 1.38 bits per heavy atom. The van der Waals surface area contributed by atoms with Gasteiger partial charge in [0, 0.05) is 5.02 Å². The van der Waals surface area contributed by atoms with Crippen LogP contribution < -0.4 is 15.2 Å². The molecule has 0 atom stereocenters. The molecule has 1 amide bonds. The van der Waals surface area contributed by atoms with Crippen LogP contribution in [0.3, 0.4) is 0 Å². The zero-order chi connectivity index (χ0) is 16.3. The molecule has 0 spiro atoms. The fourth-order valence-electron chi connectivity index (χ4n) is 1.22. The van der Waals surface area contributed by atoms with E-state index in [0.717, 1.165) is 12.1 Å². The molecule has 0 fully saturated rings. The number of hydrogen-bond donors (Lipinski definition) is 2. The van der Waals surface area contributed by atoms with Crippen LogP contribution in [0.1, 0.15) is 0 Å². The monoisotopic (exact) mass is 346 g/mol. The SMILES string of the molecule is NS(=O)(=O)c1cc(Cl)ccc1OCC(=O)NCC(F)(F)F. The Bertz CT molecular complexity index is 634. The summed E-state index contributed by atoms with van der Waals surface area (Å²) < 4.78 is 63.1. The van der Waals surface area contributed by atoms with Gasteiger partial charge in [-0.2, -0.15) is 13.2 Å². The lowest BCUT2D eigenvalue weighted by Crippen LogP contribution is -2.36. The second-order valence-corrected chi connectivity index (χ2v) is 5.78. The van der Waals surface area contributed by atoms with Gasteiger partial charge in [-0.1, -0.05) is 11.6 Å². The maximum Gasteiger partial charge on any atom is 0.405 e. The summed E-state index contributed by atoms with van der Waals surface area (Å²) in [4.78, 5) is 10.7. The lowest BCUT2D eigenvalue weighted by molar-refractivity contribution is -0.139. The minimum absolute atomic E-state index is 0.0629. The van der Waals surface area contributed by atoms with Gasteiger partial charge in [0.25, 0.3) is 5.91 Å². The lowest BCUT2D eigenvalue weighted by atomic mass is 10.3. The maximum atomic E-state index is 11.9. The molecule has 0 heterocycles. The van der Waals surface area contributed by atoms with Crippen molar-refractivity contribution in [2.45, 2.75) is 11.1 Å². The van der Waals surface area contributed by atoms with Crippen molar-refractivity contribution in [1.29, 1.82) is 0 Å². The van der Waals surface area contributed by atoms with E-state index < -0.39 is 40.2 Å². The molecule has 21 heavy (non-hydrogen) atoms. The Hall–Kier alpha value is -1.52. The molecule has 1 aromatic rings. The molecule has 1 aromatic carbocycles. The maximum absolute atomic E-state index is 11.9. The quantitative estimate of drug-likeness (QED) is 0.832. The molecule has 0 unspecified atom stereocenters. The number of hydrogen-bond acceptors (Lipinski definition) is 4. The minimum Gasteiger partial charge on any atom is -0.482 e. The fourth-order valence-corrected chi connectivity index (χ4v) is 2.15. The van der Waals surface area contributed by atoms with Gasteiger partial charge in [0.05, 0.1) is 0 Å². The first kappa shape index (κ1) is 17.5. The minimum atomic E-state index is -4.55. The van der Waals surface area contributed by atoms with Gasteiger partial charge in [0.2, 0.25) is 10.0 Å². The van der Waals surface area contributed by atoms with Crippen LogP contribution in [0.5, 0.6) is 5.75 Å². The summed E-state index contributed by atoms with van der Waals surface area (Å²) >= 11 is 5.61. The Labute approximate surface area is 123 Å². The first-order valence-electron chi connectivity index (χ1n) is 5.27. The third kappa shape index (κ3) is 6.19. The summed E-state index contributed by atoms with van der Waals surface area (Å²) in [5.74, 6) is -1.35. The molecule has 11 heteroatoms. The first-order valence-corrected chi connectivity index (χ1v) is 7.20. The molecule has 0 saturated heterocycles. The summed E-state index contributed by atoms with van der Waals surface area (Å²) in [6.07, 6.45) is -4.55. The molecular formula is C10H10ClF3N2O4S. The van der Waals surface area contributed by atoms with Gasteiger partial charge in [-0.15, -0.1) is 0 Å². The van der Waals surface area contributed by atoms with E-state index in [1.807, 2.05) is 0 Å². The topological polar surface area (TPSA) is 98.5 Å². The summed E-state index contributed by atoms with van der Waals surface area (Å²) in [7, 11) is -4.16. The molecule has 0 aliphatic heterocycles. The Balaban J connectivity index is 2.74. The van der Waals surface area contributed by atoms with E-state index in [-0.39, 0.29) is 10.8 Å². The van der Waals surface area contributed by atoms with Crippen molar-refractivity contribution in [1.82, 2.24) is 5.32 Å². The molecule has 118 valence electrons. The summed E-state index contributed by atoms with van der Waals surface area (Å²) in [5, 5.41) is 6.56. The Kier molecular flexibility index (Phi) is 5.42. The van der Waals surface area contributed by atoms with Crippen molar-refractivity contribution < 1.29 is 31.1 Å². The van der Waals surface area contributed by atoms with Crippen LogP contribution in [0.15, 0.2) is 23.1 Å². The summed E-state index contributed by atoms with van der Waals surface area (Å²) in [5.41, 5.74) is 0. The van der Waals surface area contributed by atoms with Crippen molar-refractivity contribution in [3.05, 3.63) is 23.2 Å². The number of benzene rings is 1. The standard InChI is InChI=1S/C10H10ClF3N2O4S/c11-6-1-2-7(8(3-6)21(15,18)19)20-4-9(17)16-5-10(12,13)14/h1-3H,4-5H2,(H,16,17)(H2,15,18,19). The van der Waals surface area contributed by atoms with Gasteiger partial charge in [-0.05, 0) is 18.2 Å². The van der Waals surface area contributed by atoms with Crippen LogP contribution in [-0.4, -0.2) is 33.7 Å². The largest absolute Gasteiger partial charge is 0.482 e. The van der Waals surface area contributed by atoms with Gasteiger partial charge in [-0.25, -0.2) is 13.6 Å². The zero-order valence-electron chi connectivity index (χ0n) is 10.3. The zero-order valence-corrected chi connectivity index (χ0v) is 11.8. The number of nitrogens with two attached hydrogens (primary N) is 1. The highest BCUT2D eigenvalue weighted by atomic mass is 35.5. The van der Waals surface area contributed by atoms with E-state index in [2.05, 4.69) is 0 Å². The van der Waals surface area contributed by atoms with Crippen molar-refractivity contribution in [3.8, 4) is 5.75 Å². The van der Waals surface area contributed by atoms with E-state index in [0.29, 0.717) is 0 Å². The van der Waals surface area contributed by atoms with Gasteiger partial charge in [0.15, 0.2) is 6.61 Å². The van der Waals surface area contributed by atoms with E-state index in [9.17, 15) is 26.4 Å². The number of rotatable bonds is 5. The molecule has 0 aliphatic carbocycles. The number of ether oxygens (including phenoxy) is 1. The predicted octanol–water partition coefficient (Wildman–Crippen LogP) is 1.04. The molecule has 0 aromatic heterocycles. The smallest absolute Gasteiger partial charge is 0.405 e. The molecule has 3 N–H and O–H groups in total. The highest BCUT2D eigenvalue weighted by molar-refractivity contribution is 7.89. The third-order valence-electron chi connectivity index (χ3n) is 2.06. The average Bonchev–Trinajstić information content (AvgIpc) is 2.32. The van der Waals surface area contributed by atoms with Crippen LogP contribution >= 0.6 is 11.6 Å². The number of sulfonamides is 1. The summed E-state index contributed by atoms with van der Waals surface area (Å²) in [6.45, 7) is -2.32. The van der Waals surface area contributed by atoms with Crippen molar-refractivity contribution >= 4 is 27.5 Å². The number of nitrogens with one attached hydrogen (secondary N) is 1. The van der Waals surface area contributed by atoms with Crippen LogP contribution in [-0.2, 0) is 14.8 Å². The lowest BCUT2D eigenvalue weighted by Gasteiger charge is -2.11. The normalized spacial score (nSPS) is 12.0. The molecular weight excluding hydrogens is 337 g/mol. The molecule has 0 radical (unpaired) electrons. The van der Waals surface area contributed by atoms with Crippen molar-refractivity contribution in [2.24, 2.45) is 5.14 Å². The van der Waals surface area contributed by atoms with Crippen LogP contribution in [0.4, 0.5) is 13.2 Å². The molecule has 0 aliphatic rings. The van der Waals surface area contributed by atoms with E-state index in [1.165, 1.54) is 6.07 Å². The fraction of sp³-hybridized carbons (Fsp3) is 0.300. The van der Waals surface area contributed by atoms with Gasteiger partial charge < -0.3 is 10.1 Å². The van der Waals surface area contributed by atoms with Crippen molar-refractivity contribution in [2.75, 3.05) is 13.2 Å². The second-order valence-electron chi connectivity index (χ2n) is 3.82. The Morgan fingerprint density at radius 2 is 2.00 bits per heavy atom. The van der Waals surface area contributed by atoms with Crippen LogP contribution in [0.25, 0.3) is 0 Å². The number of alkyl halides is 3. The molecule has 0 bridgehead atoms. The highest BCUT2D eigenvalue weighted by Crippen LogP contribution is 2.26. The predicted molar refractivity (Wildman–Crippen MR) is 67.4 cm³/mol. The van der Waals surface area contributed by atoms with Crippen molar-refractivity contribution in [3.63, 3.8) is 0 Å². The molecule has 1 rings (SSSR count). The van der Waals surface area contributed by atoms with Gasteiger partial charge in [0.1, 0.15) is 17.2 Å². The van der Waals surface area contributed by atoms with E-state index in [4.69, 9.17) is 21.5 Å². The Morgan fingerprint density at radius 3 is 2.52 bits per heavy atom. The van der Waals surface area contributed by atoms with Gasteiger partial charge >= 0.3 is 6.18 Å². The first-order chi connectivity index (χ1) is 9.49. The number of amides is 1. The average molecular weight is 347 g/mol. The van der Waals surface area contributed by atoms with Crippen LogP contribution in [0, 0.1) is 0 Å². The second kappa shape index (κ2) is 6.50. The van der Waals surface area contributed by atoms with E-state index >= 15 is 0 Å². The summed E-state index contributed by atoms with van der Waals surface area (Å²) in [6, 6.07) is 3.41.